The zero-order valence-electron chi connectivity index (χ0n) is 6.59. The summed E-state index contributed by atoms with van der Waals surface area (Å²) in [5.74, 6) is 1.97. The molecule has 3 aliphatic carbocycles. The molecule has 1 aromatic carbocycles. The van der Waals surface area contributed by atoms with Crippen LogP contribution < -0.4 is 0 Å². The summed E-state index contributed by atoms with van der Waals surface area (Å²) in [6.07, 6.45) is 4.29. The van der Waals surface area contributed by atoms with Crippen molar-refractivity contribution in [2.24, 2.45) is 5.92 Å². The van der Waals surface area contributed by atoms with E-state index in [1.54, 1.807) is 11.1 Å². The van der Waals surface area contributed by atoms with Crippen LogP contribution in [0.1, 0.15) is 29.9 Å². The Labute approximate surface area is 67.2 Å². The molecule has 0 N–H and O–H groups in total. The lowest BCUT2D eigenvalue weighted by atomic mass is 9.63. The van der Waals surface area contributed by atoms with Gasteiger partial charge in [-0.15, -0.1) is 0 Å². The summed E-state index contributed by atoms with van der Waals surface area (Å²) in [5, 5.41) is 0. The lowest BCUT2D eigenvalue weighted by Gasteiger charge is -2.42. The molecule has 0 aromatic heterocycles. The molecule has 56 valence electrons. The summed E-state index contributed by atoms with van der Waals surface area (Å²) >= 11 is 0. The molecule has 0 heteroatoms. The van der Waals surface area contributed by atoms with Gasteiger partial charge < -0.3 is 0 Å². The molecular formula is C11H12. The van der Waals surface area contributed by atoms with E-state index in [2.05, 4.69) is 24.3 Å². The standard InChI is InChI=1S/C11H12/c1-2-4-11-9(3-1)5-8-6-10(11)7-8/h1-4,8,10H,5-7H2. The fourth-order valence-corrected chi connectivity index (χ4v) is 2.59. The predicted octanol–water partition coefficient (Wildman–Crippen LogP) is 2.74. The molecule has 0 spiro atoms. The fraction of sp³-hybridized carbons (Fsp3) is 0.455. The third kappa shape index (κ3) is 0.699. The highest BCUT2D eigenvalue weighted by Gasteiger charge is 2.36. The van der Waals surface area contributed by atoms with Gasteiger partial charge in [0, 0.05) is 0 Å². The highest BCUT2D eigenvalue weighted by molar-refractivity contribution is 5.36. The topological polar surface area (TPSA) is 0 Å². The number of benzene rings is 1. The van der Waals surface area contributed by atoms with E-state index in [0.29, 0.717) is 0 Å². The molecule has 0 unspecified atom stereocenters. The molecule has 0 amide bonds. The van der Waals surface area contributed by atoms with Crippen LogP contribution in [0.5, 0.6) is 0 Å². The molecule has 0 aliphatic heterocycles. The Morgan fingerprint density at radius 3 is 2.73 bits per heavy atom. The molecule has 3 aliphatic rings. The highest BCUT2D eigenvalue weighted by Crippen LogP contribution is 2.49. The van der Waals surface area contributed by atoms with Crippen LogP contribution in [0.2, 0.25) is 0 Å². The van der Waals surface area contributed by atoms with E-state index in [1.807, 2.05) is 0 Å². The maximum absolute atomic E-state index is 2.31. The van der Waals surface area contributed by atoms with E-state index in [9.17, 15) is 0 Å². The van der Waals surface area contributed by atoms with E-state index in [-0.39, 0.29) is 0 Å². The first-order chi connectivity index (χ1) is 5.43. The average molecular weight is 144 g/mol. The van der Waals surface area contributed by atoms with Gasteiger partial charge in [-0.05, 0) is 42.2 Å². The van der Waals surface area contributed by atoms with E-state index in [1.165, 1.54) is 19.3 Å². The molecule has 0 saturated heterocycles. The van der Waals surface area contributed by atoms with E-state index >= 15 is 0 Å². The van der Waals surface area contributed by atoms with Crippen molar-refractivity contribution in [3.05, 3.63) is 35.4 Å². The third-order valence-electron chi connectivity index (χ3n) is 3.24. The first-order valence-electron chi connectivity index (χ1n) is 4.51. The molecule has 0 heterocycles. The van der Waals surface area contributed by atoms with E-state index < -0.39 is 0 Å². The maximum atomic E-state index is 2.31. The van der Waals surface area contributed by atoms with E-state index in [4.69, 9.17) is 0 Å². The molecule has 2 bridgehead atoms. The maximum Gasteiger partial charge on any atom is -0.0154 e. The summed E-state index contributed by atoms with van der Waals surface area (Å²) in [6.45, 7) is 0. The van der Waals surface area contributed by atoms with Gasteiger partial charge in [-0.2, -0.15) is 0 Å². The van der Waals surface area contributed by atoms with Crippen LogP contribution in [0.4, 0.5) is 0 Å². The van der Waals surface area contributed by atoms with Gasteiger partial charge in [0.05, 0.1) is 0 Å². The number of rotatable bonds is 0. The second kappa shape index (κ2) is 1.88. The van der Waals surface area contributed by atoms with Crippen molar-refractivity contribution in [1.29, 1.82) is 0 Å². The van der Waals surface area contributed by atoms with Crippen LogP contribution in [0, 0.1) is 5.92 Å². The van der Waals surface area contributed by atoms with Crippen molar-refractivity contribution < 1.29 is 0 Å². The quantitative estimate of drug-likeness (QED) is 0.525. The summed E-state index contributed by atoms with van der Waals surface area (Å²) in [6, 6.07) is 8.96. The zero-order valence-corrected chi connectivity index (χ0v) is 6.59. The van der Waals surface area contributed by atoms with Crippen LogP contribution in [-0.4, -0.2) is 0 Å². The van der Waals surface area contributed by atoms with Crippen LogP contribution in [0.3, 0.4) is 0 Å². The molecule has 11 heavy (non-hydrogen) atoms. The van der Waals surface area contributed by atoms with Crippen molar-refractivity contribution in [2.75, 3.05) is 0 Å². The SMILES string of the molecule is c1ccc2c(c1)CC1CC2C1. The smallest absolute Gasteiger partial charge is 0.0154 e. The van der Waals surface area contributed by atoms with Gasteiger partial charge in [-0.3, -0.25) is 0 Å². The molecule has 0 radical (unpaired) electrons. The Kier molecular flexibility index (Phi) is 0.993. The first-order valence-corrected chi connectivity index (χ1v) is 4.51. The Hall–Kier alpha value is -0.780. The normalized spacial score (nSPS) is 32.4. The van der Waals surface area contributed by atoms with Crippen LogP contribution in [-0.2, 0) is 6.42 Å². The Bertz CT molecular complexity index is 282. The Morgan fingerprint density at radius 2 is 1.91 bits per heavy atom. The second-order valence-electron chi connectivity index (χ2n) is 3.94. The predicted molar refractivity (Wildman–Crippen MR) is 45.6 cm³/mol. The minimum Gasteiger partial charge on any atom is -0.0620 e. The average Bonchev–Trinajstić information content (AvgIpc) is 2.02. The van der Waals surface area contributed by atoms with E-state index in [0.717, 1.165) is 11.8 Å². The van der Waals surface area contributed by atoms with Crippen molar-refractivity contribution in [3.63, 3.8) is 0 Å². The minimum absolute atomic E-state index is 0.935. The van der Waals surface area contributed by atoms with Crippen molar-refractivity contribution in [3.8, 4) is 0 Å². The molecule has 1 aromatic rings. The molecule has 0 nitrogen and oxygen atoms in total. The lowest BCUT2D eigenvalue weighted by Crippen LogP contribution is -2.30. The first kappa shape index (κ1) is 5.82. The summed E-state index contributed by atoms with van der Waals surface area (Å²) < 4.78 is 0. The van der Waals surface area contributed by atoms with Crippen molar-refractivity contribution >= 4 is 0 Å². The second-order valence-corrected chi connectivity index (χ2v) is 3.94. The summed E-state index contributed by atoms with van der Waals surface area (Å²) in [7, 11) is 0. The molecule has 4 rings (SSSR count). The molecule has 0 atom stereocenters. The fourth-order valence-electron chi connectivity index (χ4n) is 2.59. The number of hydrogen-bond donors (Lipinski definition) is 0. The van der Waals surface area contributed by atoms with Crippen LogP contribution in [0.25, 0.3) is 0 Å². The summed E-state index contributed by atoms with van der Waals surface area (Å²) in [4.78, 5) is 0. The van der Waals surface area contributed by atoms with Gasteiger partial charge in [0.2, 0.25) is 0 Å². The third-order valence-corrected chi connectivity index (χ3v) is 3.24. The number of hydrogen-bond acceptors (Lipinski definition) is 0. The van der Waals surface area contributed by atoms with Crippen molar-refractivity contribution in [2.45, 2.75) is 25.2 Å². The zero-order chi connectivity index (χ0) is 7.26. The van der Waals surface area contributed by atoms with Crippen LogP contribution >= 0.6 is 0 Å². The van der Waals surface area contributed by atoms with Gasteiger partial charge in [-0.1, -0.05) is 24.3 Å². The molecule has 1 saturated carbocycles. The van der Waals surface area contributed by atoms with Gasteiger partial charge in [0.15, 0.2) is 0 Å². The Balaban J connectivity index is 2.16. The molecule has 1 fully saturated rings. The Morgan fingerprint density at radius 1 is 1.09 bits per heavy atom. The lowest BCUT2D eigenvalue weighted by molar-refractivity contribution is 0.237. The van der Waals surface area contributed by atoms with Gasteiger partial charge in [0.25, 0.3) is 0 Å². The van der Waals surface area contributed by atoms with Gasteiger partial charge in [-0.25, -0.2) is 0 Å². The summed E-state index contributed by atoms with van der Waals surface area (Å²) in [5.41, 5.74) is 3.27. The van der Waals surface area contributed by atoms with Crippen LogP contribution in [0.15, 0.2) is 24.3 Å². The monoisotopic (exact) mass is 144 g/mol. The van der Waals surface area contributed by atoms with Gasteiger partial charge >= 0.3 is 0 Å². The molecular weight excluding hydrogens is 132 g/mol. The minimum atomic E-state index is 0.935. The van der Waals surface area contributed by atoms with Gasteiger partial charge in [0.1, 0.15) is 0 Å². The van der Waals surface area contributed by atoms with Crippen molar-refractivity contribution in [1.82, 2.24) is 0 Å². The highest BCUT2D eigenvalue weighted by atomic mass is 14.4. The largest absolute Gasteiger partial charge is 0.0620 e.